The molecule has 0 saturated carbocycles. The summed E-state index contributed by atoms with van der Waals surface area (Å²) in [7, 11) is 0. The number of halogens is 1. The van der Waals surface area contributed by atoms with Gasteiger partial charge in [0.15, 0.2) is 0 Å². The van der Waals surface area contributed by atoms with Crippen LogP contribution in [0.15, 0.2) is 12.1 Å². The summed E-state index contributed by atoms with van der Waals surface area (Å²) in [6.45, 7) is 9.70. The molecule has 0 bridgehead atoms. The van der Waals surface area contributed by atoms with Gasteiger partial charge in [-0.05, 0) is 25.5 Å². The number of hydrogen-bond donors (Lipinski definition) is 0. The summed E-state index contributed by atoms with van der Waals surface area (Å²) in [4.78, 5) is 28.4. The Bertz CT molecular complexity index is 717. The van der Waals surface area contributed by atoms with Crippen LogP contribution in [0.3, 0.4) is 0 Å². The topological polar surface area (TPSA) is 49.9 Å². The number of carbonyl (C=O) groups excluding carboxylic acids is 2. The second-order valence-electron chi connectivity index (χ2n) is 7.57. The Balaban J connectivity index is 1.89. The highest BCUT2D eigenvalue weighted by molar-refractivity contribution is 6.30. The molecule has 5 nitrogen and oxygen atoms in total. The lowest BCUT2D eigenvalue weighted by molar-refractivity contribution is -0.155. The van der Waals surface area contributed by atoms with Gasteiger partial charge in [0.2, 0.25) is 11.8 Å². The predicted octanol–water partition coefficient (Wildman–Crippen LogP) is 2.98. The maximum absolute atomic E-state index is 12.6. The van der Waals surface area contributed by atoms with E-state index in [9.17, 15) is 9.59 Å². The molecular weight excluding hydrogens is 340 g/mol. The largest absolute Gasteiger partial charge is 0.492 e. The van der Waals surface area contributed by atoms with E-state index in [0.717, 1.165) is 23.3 Å². The van der Waals surface area contributed by atoms with E-state index in [1.807, 2.05) is 19.1 Å². The van der Waals surface area contributed by atoms with Crippen LogP contribution in [0.4, 0.5) is 0 Å². The third-order valence-corrected chi connectivity index (χ3v) is 5.27. The van der Waals surface area contributed by atoms with Crippen molar-refractivity contribution >= 4 is 23.4 Å². The molecule has 0 unspecified atom stereocenters. The van der Waals surface area contributed by atoms with Gasteiger partial charge in [0, 0.05) is 28.1 Å². The Morgan fingerprint density at radius 2 is 2.04 bits per heavy atom. The molecule has 0 aromatic heterocycles. The van der Waals surface area contributed by atoms with Crippen LogP contribution in [0.2, 0.25) is 5.02 Å². The number of benzene rings is 1. The number of carbonyl (C=O) groups is 2. The fraction of sp³-hybridized carbons (Fsp3) is 0.579. The van der Waals surface area contributed by atoms with Gasteiger partial charge < -0.3 is 14.5 Å². The third kappa shape index (κ3) is 3.22. The molecule has 0 spiro atoms. The Labute approximate surface area is 153 Å². The molecule has 0 radical (unpaired) electrons. The standard InChI is InChI=1S/C19H25ClN2O3/c1-5-6-21-10-16(23)22(12(2)18(21)24)9-13-7-14(20)8-15-17(13)25-11-19(15,3)4/h7-8,12H,5-6,9-11H2,1-4H3/t12-/m1/s1. The molecule has 1 saturated heterocycles. The lowest BCUT2D eigenvalue weighted by Crippen LogP contribution is -2.58. The Morgan fingerprint density at radius 3 is 2.72 bits per heavy atom. The molecule has 0 N–H and O–H groups in total. The fourth-order valence-electron chi connectivity index (χ4n) is 3.58. The van der Waals surface area contributed by atoms with E-state index in [2.05, 4.69) is 13.8 Å². The molecule has 1 fully saturated rings. The first kappa shape index (κ1) is 18.1. The molecule has 1 atom stereocenters. The number of rotatable bonds is 4. The molecule has 2 aliphatic rings. The second kappa shape index (κ2) is 6.52. The van der Waals surface area contributed by atoms with Crippen molar-refractivity contribution in [3.05, 3.63) is 28.3 Å². The van der Waals surface area contributed by atoms with E-state index in [-0.39, 0.29) is 23.8 Å². The number of ether oxygens (including phenoxy) is 1. The van der Waals surface area contributed by atoms with Gasteiger partial charge in [-0.15, -0.1) is 0 Å². The van der Waals surface area contributed by atoms with E-state index in [1.54, 1.807) is 16.7 Å². The fourth-order valence-corrected chi connectivity index (χ4v) is 3.83. The minimum absolute atomic E-state index is 0.00127. The van der Waals surface area contributed by atoms with E-state index in [1.165, 1.54) is 0 Å². The molecule has 1 aromatic carbocycles. The number of piperazine rings is 1. The molecule has 0 aliphatic carbocycles. The highest BCUT2D eigenvalue weighted by atomic mass is 35.5. The van der Waals surface area contributed by atoms with Gasteiger partial charge in [0.05, 0.1) is 19.7 Å². The molecule has 6 heteroatoms. The third-order valence-electron chi connectivity index (χ3n) is 5.05. The summed E-state index contributed by atoms with van der Waals surface area (Å²) in [6, 6.07) is 3.30. The van der Waals surface area contributed by atoms with E-state index in [4.69, 9.17) is 16.3 Å². The lowest BCUT2D eigenvalue weighted by Gasteiger charge is -2.39. The van der Waals surface area contributed by atoms with Crippen molar-refractivity contribution in [3.63, 3.8) is 0 Å². The minimum Gasteiger partial charge on any atom is -0.492 e. The molecule has 25 heavy (non-hydrogen) atoms. The van der Waals surface area contributed by atoms with Crippen LogP contribution in [0.25, 0.3) is 0 Å². The molecule has 136 valence electrons. The highest BCUT2D eigenvalue weighted by Gasteiger charge is 2.38. The molecule has 2 amide bonds. The van der Waals surface area contributed by atoms with Crippen LogP contribution in [0.5, 0.6) is 5.75 Å². The summed E-state index contributed by atoms with van der Waals surface area (Å²) in [6.07, 6.45) is 0.844. The van der Waals surface area contributed by atoms with E-state index >= 15 is 0 Å². The molecule has 1 aromatic rings. The smallest absolute Gasteiger partial charge is 0.245 e. The van der Waals surface area contributed by atoms with Gasteiger partial charge in [0.1, 0.15) is 11.8 Å². The SMILES string of the molecule is CCCN1CC(=O)N(Cc2cc(Cl)cc3c2OCC3(C)C)[C@H](C)C1=O. The lowest BCUT2D eigenvalue weighted by atomic mass is 9.86. The van der Waals surface area contributed by atoms with Crippen LogP contribution in [0.1, 0.15) is 45.2 Å². The van der Waals surface area contributed by atoms with Crippen LogP contribution < -0.4 is 4.74 Å². The van der Waals surface area contributed by atoms with Gasteiger partial charge in [-0.25, -0.2) is 0 Å². The Morgan fingerprint density at radius 1 is 1.32 bits per heavy atom. The highest BCUT2D eigenvalue weighted by Crippen LogP contribution is 2.43. The van der Waals surface area contributed by atoms with Crippen molar-refractivity contribution in [1.82, 2.24) is 9.80 Å². The summed E-state index contributed by atoms with van der Waals surface area (Å²) >= 11 is 6.31. The zero-order valence-corrected chi connectivity index (χ0v) is 16.0. The van der Waals surface area contributed by atoms with Gasteiger partial charge in [-0.3, -0.25) is 9.59 Å². The van der Waals surface area contributed by atoms with Crippen molar-refractivity contribution in [2.45, 2.75) is 52.1 Å². The molecular formula is C19H25ClN2O3. The van der Waals surface area contributed by atoms with Crippen molar-refractivity contribution in [2.75, 3.05) is 19.7 Å². The first-order valence-electron chi connectivity index (χ1n) is 8.78. The normalized spacial score (nSPS) is 22.2. The summed E-state index contributed by atoms with van der Waals surface area (Å²) in [5.74, 6) is 0.769. The van der Waals surface area contributed by atoms with Crippen LogP contribution in [0, 0.1) is 0 Å². The molecule has 3 rings (SSSR count). The van der Waals surface area contributed by atoms with Gasteiger partial charge in [-0.2, -0.15) is 0 Å². The maximum Gasteiger partial charge on any atom is 0.245 e. The van der Waals surface area contributed by atoms with E-state index < -0.39 is 6.04 Å². The zero-order valence-electron chi connectivity index (χ0n) is 15.3. The quantitative estimate of drug-likeness (QED) is 0.825. The first-order valence-corrected chi connectivity index (χ1v) is 9.16. The van der Waals surface area contributed by atoms with E-state index in [0.29, 0.717) is 24.7 Å². The average Bonchev–Trinajstić information content (AvgIpc) is 2.84. The number of hydrogen-bond acceptors (Lipinski definition) is 3. The number of nitrogens with zero attached hydrogens (tertiary/aromatic N) is 2. The van der Waals surface area contributed by atoms with Crippen molar-refractivity contribution in [1.29, 1.82) is 0 Å². The van der Waals surface area contributed by atoms with Crippen molar-refractivity contribution in [2.24, 2.45) is 0 Å². The first-order chi connectivity index (χ1) is 11.7. The summed E-state index contributed by atoms with van der Waals surface area (Å²) in [5.41, 5.74) is 1.82. The molecule has 2 aliphatic heterocycles. The summed E-state index contributed by atoms with van der Waals surface area (Å²) < 4.78 is 5.91. The van der Waals surface area contributed by atoms with Gasteiger partial charge >= 0.3 is 0 Å². The summed E-state index contributed by atoms with van der Waals surface area (Å²) in [5, 5.41) is 0.628. The Hall–Kier alpha value is -1.75. The monoisotopic (exact) mass is 364 g/mol. The maximum atomic E-state index is 12.6. The molecule has 2 heterocycles. The van der Waals surface area contributed by atoms with Gasteiger partial charge in [0.25, 0.3) is 0 Å². The van der Waals surface area contributed by atoms with Crippen LogP contribution >= 0.6 is 11.6 Å². The predicted molar refractivity (Wildman–Crippen MR) is 96.9 cm³/mol. The average molecular weight is 365 g/mol. The number of fused-ring (bicyclic) bond motifs is 1. The van der Waals surface area contributed by atoms with Crippen molar-refractivity contribution < 1.29 is 14.3 Å². The number of amides is 2. The van der Waals surface area contributed by atoms with Crippen LogP contribution in [-0.2, 0) is 21.5 Å². The zero-order chi connectivity index (χ0) is 18.4. The van der Waals surface area contributed by atoms with Crippen LogP contribution in [-0.4, -0.2) is 47.4 Å². The van der Waals surface area contributed by atoms with Crippen molar-refractivity contribution in [3.8, 4) is 5.75 Å². The Kier molecular flexibility index (Phi) is 4.71. The minimum atomic E-state index is -0.475. The van der Waals surface area contributed by atoms with Gasteiger partial charge in [-0.1, -0.05) is 32.4 Å². The second-order valence-corrected chi connectivity index (χ2v) is 8.01.